The third-order valence-corrected chi connectivity index (χ3v) is 6.11. The van der Waals surface area contributed by atoms with Crippen molar-refractivity contribution in [3.63, 3.8) is 0 Å². The maximum Gasteiger partial charge on any atom is 0.273 e. The van der Waals surface area contributed by atoms with Gasteiger partial charge in [0.2, 0.25) is 5.91 Å². The molecule has 2 aromatic heterocycles. The molecule has 152 valence electrons. The predicted octanol–water partition coefficient (Wildman–Crippen LogP) is 2.54. The highest BCUT2D eigenvalue weighted by Crippen LogP contribution is 2.28. The number of anilines is 1. The van der Waals surface area contributed by atoms with Gasteiger partial charge in [0.15, 0.2) is 10.8 Å². The number of nitrogens with one attached hydrogen (secondary N) is 1. The first-order valence-corrected chi connectivity index (χ1v) is 10.4. The molecule has 1 aromatic carbocycles. The van der Waals surface area contributed by atoms with Crippen LogP contribution in [0, 0.1) is 11.7 Å². The quantitative estimate of drug-likeness (QED) is 0.693. The summed E-state index contributed by atoms with van der Waals surface area (Å²) in [5.41, 5.74) is 0.945. The number of halogens is 1. The largest absolute Gasteiger partial charge is 0.350 e. The number of amides is 1. The van der Waals surface area contributed by atoms with E-state index in [0.717, 1.165) is 30.2 Å². The fourth-order valence-electron chi connectivity index (χ4n) is 3.46. The zero-order valence-corrected chi connectivity index (χ0v) is 16.9. The lowest BCUT2D eigenvalue weighted by Crippen LogP contribution is -2.34. The minimum atomic E-state index is -0.325. The molecular weight excluding hydrogens is 393 g/mol. The second-order valence-corrected chi connectivity index (χ2v) is 8.40. The molecule has 3 aromatic rings. The Kier molecular flexibility index (Phi) is 5.57. The van der Waals surface area contributed by atoms with E-state index in [1.54, 1.807) is 12.1 Å². The van der Waals surface area contributed by atoms with Gasteiger partial charge in [0.1, 0.15) is 23.4 Å². The van der Waals surface area contributed by atoms with E-state index in [1.165, 1.54) is 40.8 Å². The number of carbonyl (C=O) groups is 1. The fraction of sp³-hybridized carbons (Fsp3) is 0.400. The van der Waals surface area contributed by atoms with Crippen molar-refractivity contribution in [1.82, 2.24) is 19.9 Å². The minimum absolute atomic E-state index is 0.128. The first-order chi connectivity index (χ1) is 14.0. The highest BCUT2D eigenvalue weighted by atomic mass is 32.1. The van der Waals surface area contributed by atoms with Crippen molar-refractivity contribution < 1.29 is 9.18 Å². The van der Waals surface area contributed by atoms with Crippen molar-refractivity contribution >= 4 is 32.7 Å². The monoisotopic (exact) mass is 415 g/mol. The van der Waals surface area contributed by atoms with Crippen molar-refractivity contribution in [3.05, 3.63) is 52.3 Å². The molecule has 1 amide bonds. The van der Waals surface area contributed by atoms with Gasteiger partial charge in [-0.15, -0.1) is 0 Å². The molecule has 0 spiro atoms. The molecule has 0 aliphatic carbocycles. The maximum absolute atomic E-state index is 12.9. The Labute approximate surface area is 171 Å². The first-order valence-electron chi connectivity index (χ1n) is 9.61. The van der Waals surface area contributed by atoms with E-state index in [0.29, 0.717) is 16.3 Å². The van der Waals surface area contributed by atoms with Crippen LogP contribution in [0.4, 0.5) is 9.52 Å². The summed E-state index contributed by atoms with van der Waals surface area (Å²) in [5.74, 6) is -0.0358. The maximum atomic E-state index is 12.9. The third-order valence-electron chi connectivity index (χ3n) is 5.02. The summed E-state index contributed by atoms with van der Waals surface area (Å²) in [6.07, 6.45) is 3.69. The number of benzene rings is 1. The highest BCUT2D eigenvalue weighted by Gasteiger charge is 2.21. The van der Waals surface area contributed by atoms with E-state index in [-0.39, 0.29) is 30.4 Å². The summed E-state index contributed by atoms with van der Waals surface area (Å²) < 4.78 is 14.7. The van der Waals surface area contributed by atoms with Crippen molar-refractivity contribution in [3.8, 4) is 0 Å². The zero-order valence-electron chi connectivity index (χ0n) is 16.1. The Morgan fingerprint density at radius 2 is 2.14 bits per heavy atom. The predicted molar refractivity (Wildman–Crippen MR) is 111 cm³/mol. The molecule has 0 bridgehead atoms. The molecule has 0 radical (unpaired) electrons. The van der Waals surface area contributed by atoms with Crippen molar-refractivity contribution in [2.75, 3.05) is 18.0 Å². The van der Waals surface area contributed by atoms with Crippen LogP contribution >= 0.6 is 11.3 Å². The fourth-order valence-corrected chi connectivity index (χ4v) is 4.46. The zero-order chi connectivity index (χ0) is 20.4. The van der Waals surface area contributed by atoms with Gasteiger partial charge in [-0.25, -0.2) is 9.37 Å². The molecule has 1 atom stereocenters. The van der Waals surface area contributed by atoms with Crippen molar-refractivity contribution in [1.29, 1.82) is 0 Å². The summed E-state index contributed by atoms with van der Waals surface area (Å²) in [6.45, 7) is 4.22. The smallest absolute Gasteiger partial charge is 0.273 e. The number of aromatic nitrogens is 3. The normalized spacial score (nSPS) is 16.9. The Hall–Kier alpha value is -2.81. The van der Waals surface area contributed by atoms with Gasteiger partial charge >= 0.3 is 0 Å². The van der Waals surface area contributed by atoms with Gasteiger partial charge in [-0.2, -0.15) is 4.98 Å². The average molecular weight is 415 g/mol. The number of fused-ring (bicyclic) bond motifs is 1. The van der Waals surface area contributed by atoms with Crippen LogP contribution in [-0.4, -0.2) is 33.5 Å². The molecule has 4 rings (SSSR count). The molecular formula is C20H22FN5O2S. The minimum Gasteiger partial charge on any atom is -0.350 e. The Morgan fingerprint density at radius 1 is 1.34 bits per heavy atom. The van der Waals surface area contributed by atoms with Gasteiger partial charge in [0.05, 0.1) is 0 Å². The second-order valence-electron chi connectivity index (χ2n) is 7.42. The SMILES string of the molecule is C[C@@H]1CCCN(c2nc3ncn(CC(=O)NCc4ccc(F)cc4)c(=O)c3s2)C1. The van der Waals surface area contributed by atoms with Crippen LogP contribution in [0.3, 0.4) is 0 Å². The van der Waals surface area contributed by atoms with E-state index in [9.17, 15) is 14.0 Å². The number of rotatable bonds is 5. The number of thiazole rings is 1. The second kappa shape index (κ2) is 8.28. The Morgan fingerprint density at radius 3 is 2.90 bits per heavy atom. The van der Waals surface area contributed by atoms with Crippen LogP contribution < -0.4 is 15.8 Å². The van der Waals surface area contributed by atoms with Crippen LogP contribution in [0.15, 0.2) is 35.4 Å². The number of hydrogen-bond acceptors (Lipinski definition) is 6. The summed E-state index contributed by atoms with van der Waals surface area (Å²) in [4.78, 5) is 36.0. The van der Waals surface area contributed by atoms with Crippen LogP contribution in [0.1, 0.15) is 25.3 Å². The van der Waals surface area contributed by atoms with Crippen molar-refractivity contribution in [2.24, 2.45) is 5.92 Å². The molecule has 29 heavy (non-hydrogen) atoms. The van der Waals surface area contributed by atoms with Crippen LogP contribution in [0.5, 0.6) is 0 Å². The van der Waals surface area contributed by atoms with Crippen molar-refractivity contribution in [2.45, 2.75) is 32.9 Å². The lowest BCUT2D eigenvalue weighted by Gasteiger charge is -2.30. The molecule has 1 fully saturated rings. The molecule has 1 aliphatic rings. The molecule has 1 N–H and O–H groups in total. The molecule has 1 aliphatic heterocycles. The first kappa shape index (κ1) is 19.5. The van der Waals surface area contributed by atoms with Crippen LogP contribution in [-0.2, 0) is 17.9 Å². The Bertz CT molecular complexity index is 1080. The van der Waals surface area contributed by atoms with Gasteiger partial charge in [-0.05, 0) is 36.5 Å². The van der Waals surface area contributed by atoms with E-state index < -0.39 is 0 Å². The third kappa shape index (κ3) is 4.45. The standard InChI is InChI=1S/C20H22FN5O2S/c1-13-3-2-8-25(10-13)20-24-18-17(29-20)19(28)26(12-23-18)11-16(27)22-9-14-4-6-15(21)7-5-14/h4-7,12-13H,2-3,8-11H2,1H3,(H,22,27)/t13-/m1/s1. The average Bonchev–Trinajstić information content (AvgIpc) is 3.15. The van der Waals surface area contributed by atoms with E-state index >= 15 is 0 Å². The molecule has 3 heterocycles. The summed E-state index contributed by atoms with van der Waals surface area (Å²) in [5, 5.41) is 3.55. The van der Waals surface area contributed by atoms with E-state index in [4.69, 9.17) is 0 Å². The van der Waals surface area contributed by atoms with E-state index in [1.807, 2.05) is 0 Å². The molecule has 0 unspecified atom stereocenters. The molecule has 7 nitrogen and oxygen atoms in total. The highest BCUT2D eigenvalue weighted by molar-refractivity contribution is 7.22. The number of hydrogen-bond donors (Lipinski definition) is 1. The molecule has 9 heteroatoms. The van der Waals surface area contributed by atoms with Crippen LogP contribution in [0.2, 0.25) is 0 Å². The summed E-state index contributed by atoms with van der Waals surface area (Å²) in [6, 6.07) is 5.90. The van der Waals surface area contributed by atoms with Crippen LogP contribution in [0.25, 0.3) is 10.3 Å². The lowest BCUT2D eigenvalue weighted by molar-refractivity contribution is -0.121. The number of carbonyl (C=O) groups excluding carboxylic acids is 1. The van der Waals surface area contributed by atoms with Gasteiger partial charge in [0, 0.05) is 19.6 Å². The van der Waals surface area contributed by atoms with Gasteiger partial charge in [-0.3, -0.25) is 14.2 Å². The number of piperidine rings is 1. The summed E-state index contributed by atoms with van der Waals surface area (Å²) in [7, 11) is 0. The number of nitrogens with zero attached hydrogens (tertiary/aromatic N) is 4. The van der Waals surface area contributed by atoms with E-state index in [2.05, 4.69) is 27.1 Å². The lowest BCUT2D eigenvalue weighted by atomic mass is 10.0. The topological polar surface area (TPSA) is 80.1 Å². The Balaban J connectivity index is 1.46. The van der Waals surface area contributed by atoms with Gasteiger partial charge < -0.3 is 10.2 Å². The van der Waals surface area contributed by atoms with Gasteiger partial charge in [0.25, 0.3) is 5.56 Å². The molecule has 0 saturated carbocycles. The molecule has 1 saturated heterocycles. The summed E-state index contributed by atoms with van der Waals surface area (Å²) >= 11 is 1.34. The van der Waals surface area contributed by atoms with Gasteiger partial charge in [-0.1, -0.05) is 30.4 Å².